The van der Waals surface area contributed by atoms with Crippen molar-refractivity contribution < 1.29 is 24.0 Å². The quantitative estimate of drug-likeness (QED) is 0.166. The number of hydrogen-bond acceptors (Lipinski definition) is 6. The summed E-state index contributed by atoms with van der Waals surface area (Å²) in [6.07, 6.45) is 0. The molecule has 2 aromatic rings. The third-order valence-electron chi connectivity index (χ3n) is 4.73. The predicted molar refractivity (Wildman–Crippen MR) is 133 cm³/mol. The zero-order valence-corrected chi connectivity index (χ0v) is 21.6. The number of Topliss-reactive ketones (excluding diaryl/α,β-unsaturated/α-hetero) is 2. The van der Waals surface area contributed by atoms with Crippen LogP contribution in [0.4, 0.5) is 0 Å². The molecule has 0 atom stereocenters. The molecule has 0 aliphatic carbocycles. The van der Waals surface area contributed by atoms with E-state index in [0.717, 1.165) is 0 Å². The molecular formula is C28H35NO5. The molecule has 0 bridgehead atoms. The van der Waals surface area contributed by atoms with Crippen molar-refractivity contribution >= 4 is 23.4 Å². The number of ketones is 2. The molecule has 0 aliphatic rings. The summed E-state index contributed by atoms with van der Waals surface area (Å²) in [6.45, 7) is 16.6. The van der Waals surface area contributed by atoms with Gasteiger partial charge in [0.1, 0.15) is 5.60 Å². The van der Waals surface area contributed by atoms with Gasteiger partial charge in [0.15, 0.2) is 11.6 Å². The van der Waals surface area contributed by atoms with Crippen LogP contribution in [0.25, 0.3) is 0 Å². The van der Waals surface area contributed by atoms with Crippen LogP contribution in [0.5, 0.6) is 0 Å². The summed E-state index contributed by atoms with van der Waals surface area (Å²) in [7, 11) is 0. The predicted octanol–water partition coefficient (Wildman–Crippen LogP) is 6.48. The monoisotopic (exact) mass is 465 g/mol. The highest BCUT2D eigenvalue weighted by molar-refractivity contribution is 6.06. The van der Waals surface area contributed by atoms with Crippen molar-refractivity contribution in [3.05, 3.63) is 70.8 Å². The van der Waals surface area contributed by atoms with E-state index in [-0.39, 0.29) is 23.0 Å². The van der Waals surface area contributed by atoms with Crippen molar-refractivity contribution in [1.82, 2.24) is 0 Å². The molecule has 0 radical (unpaired) electrons. The Balaban J connectivity index is 2.31. The van der Waals surface area contributed by atoms with Crippen molar-refractivity contribution in [1.29, 1.82) is 0 Å². The van der Waals surface area contributed by atoms with Gasteiger partial charge in [-0.2, -0.15) is 0 Å². The van der Waals surface area contributed by atoms with E-state index < -0.39 is 22.4 Å². The molecule has 2 aromatic carbocycles. The third kappa shape index (κ3) is 7.37. The first-order chi connectivity index (χ1) is 15.5. The fraction of sp³-hybridized carbons (Fsp3) is 0.429. The van der Waals surface area contributed by atoms with Gasteiger partial charge >= 0.3 is 5.97 Å². The van der Waals surface area contributed by atoms with Crippen molar-refractivity contribution in [3.63, 3.8) is 0 Å². The Morgan fingerprint density at radius 2 is 0.941 bits per heavy atom. The summed E-state index contributed by atoms with van der Waals surface area (Å²) in [5.41, 5.74) is 0.198. The Hall–Kier alpha value is -3.28. The highest BCUT2D eigenvalue weighted by atomic mass is 16.7. The van der Waals surface area contributed by atoms with Gasteiger partial charge in [0, 0.05) is 27.5 Å². The maximum atomic E-state index is 12.8. The van der Waals surface area contributed by atoms with Gasteiger partial charge < -0.3 is 9.57 Å². The van der Waals surface area contributed by atoms with Gasteiger partial charge in [0.25, 0.3) is 5.90 Å². The van der Waals surface area contributed by atoms with Crippen LogP contribution < -0.4 is 0 Å². The summed E-state index contributed by atoms with van der Waals surface area (Å²) in [4.78, 5) is 43.3. The molecule has 0 spiro atoms. The van der Waals surface area contributed by atoms with E-state index >= 15 is 0 Å². The molecule has 0 unspecified atom stereocenters. The van der Waals surface area contributed by atoms with E-state index in [2.05, 4.69) is 5.16 Å². The smallest absolute Gasteiger partial charge is 0.344 e. The average molecular weight is 466 g/mol. The summed E-state index contributed by atoms with van der Waals surface area (Å²) in [6, 6.07) is 13.0. The summed E-state index contributed by atoms with van der Waals surface area (Å²) < 4.78 is 5.57. The van der Waals surface area contributed by atoms with E-state index in [4.69, 9.17) is 9.57 Å². The van der Waals surface area contributed by atoms with Crippen molar-refractivity contribution in [2.24, 2.45) is 16.0 Å². The van der Waals surface area contributed by atoms with Gasteiger partial charge in [-0.25, -0.2) is 4.79 Å². The summed E-state index contributed by atoms with van der Waals surface area (Å²) in [5, 5.41) is 4.07. The molecule has 6 heteroatoms. The topological polar surface area (TPSA) is 82.0 Å². The molecule has 0 saturated heterocycles. The SMILES string of the molecule is CC(C)(C)ON=C(OC(=O)c1ccc(C(=O)C(C)(C)C)cc1)c1ccc(C(=O)C(C)(C)C)cc1. The molecule has 0 N–H and O–H groups in total. The molecule has 2 rings (SSSR count). The van der Waals surface area contributed by atoms with Crippen LogP contribution in [0.3, 0.4) is 0 Å². The fourth-order valence-electron chi connectivity index (χ4n) is 2.84. The van der Waals surface area contributed by atoms with Crippen LogP contribution in [-0.2, 0) is 9.57 Å². The minimum atomic E-state index is -0.638. The fourth-order valence-corrected chi connectivity index (χ4v) is 2.84. The zero-order valence-electron chi connectivity index (χ0n) is 21.6. The van der Waals surface area contributed by atoms with Crippen LogP contribution in [-0.4, -0.2) is 29.0 Å². The molecule has 0 aliphatic heterocycles. The van der Waals surface area contributed by atoms with Gasteiger partial charge in [-0.15, -0.1) is 0 Å². The maximum absolute atomic E-state index is 12.8. The van der Waals surface area contributed by atoms with E-state index in [0.29, 0.717) is 16.7 Å². The van der Waals surface area contributed by atoms with Crippen molar-refractivity contribution in [2.45, 2.75) is 67.9 Å². The number of benzene rings is 2. The number of hydrogen-bond donors (Lipinski definition) is 0. The molecule has 0 saturated carbocycles. The van der Waals surface area contributed by atoms with Gasteiger partial charge in [-0.1, -0.05) is 65.8 Å². The first-order valence-electron chi connectivity index (χ1n) is 11.3. The highest BCUT2D eigenvalue weighted by Crippen LogP contribution is 2.23. The lowest BCUT2D eigenvalue weighted by molar-refractivity contribution is -0.00322. The number of carbonyl (C=O) groups is 3. The van der Waals surface area contributed by atoms with Crippen molar-refractivity contribution in [2.75, 3.05) is 0 Å². The first kappa shape index (κ1) is 27.0. The maximum Gasteiger partial charge on any atom is 0.344 e. The Kier molecular flexibility index (Phi) is 7.87. The average Bonchev–Trinajstić information content (AvgIpc) is 2.73. The minimum absolute atomic E-state index is 0.00497. The second kappa shape index (κ2) is 9.92. The minimum Gasteiger partial charge on any atom is -0.400 e. The van der Waals surface area contributed by atoms with Crippen LogP contribution >= 0.6 is 0 Å². The van der Waals surface area contributed by atoms with E-state index in [1.165, 1.54) is 0 Å². The number of nitrogens with zero attached hydrogens (tertiary/aromatic N) is 1. The first-order valence-corrected chi connectivity index (χ1v) is 11.3. The largest absolute Gasteiger partial charge is 0.400 e. The second-order valence-electron chi connectivity index (χ2n) is 11.3. The Morgan fingerprint density at radius 3 is 1.29 bits per heavy atom. The lowest BCUT2D eigenvalue weighted by atomic mass is 9.86. The molecule has 0 aromatic heterocycles. The molecule has 6 nitrogen and oxygen atoms in total. The number of rotatable bonds is 5. The third-order valence-corrected chi connectivity index (χ3v) is 4.73. The molecule has 0 heterocycles. The second-order valence-corrected chi connectivity index (χ2v) is 11.3. The molecule has 182 valence electrons. The number of oxime groups is 1. The Labute approximate surface area is 202 Å². The van der Waals surface area contributed by atoms with E-state index in [1.54, 1.807) is 48.5 Å². The van der Waals surface area contributed by atoms with Crippen LogP contribution in [0.2, 0.25) is 0 Å². The molecule has 0 amide bonds. The van der Waals surface area contributed by atoms with Gasteiger partial charge in [-0.3, -0.25) is 9.59 Å². The summed E-state index contributed by atoms with van der Waals surface area (Å²) >= 11 is 0. The highest BCUT2D eigenvalue weighted by Gasteiger charge is 2.25. The molecule has 0 fully saturated rings. The van der Waals surface area contributed by atoms with E-state index in [9.17, 15) is 14.4 Å². The Bertz CT molecular complexity index is 1070. The Morgan fingerprint density at radius 1 is 0.588 bits per heavy atom. The number of ether oxygens (including phenoxy) is 1. The standard InChI is InChI=1S/C28H35NO5/c1-26(2,3)22(30)18-10-14-20(15-11-18)24(29-34-28(7,8)9)33-25(32)21-16-12-19(13-17-21)23(31)27(4,5)6/h10-17H,1-9H3. The molecular weight excluding hydrogens is 430 g/mol. The lowest BCUT2D eigenvalue weighted by Crippen LogP contribution is -2.22. The van der Waals surface area contributed by atoms with E-state index in [1.807, 2.05) is 62.3 Å². The summed E-state index contributed by atoms with van der Waals surface area (Å²) in [5.74, 6) is -0.672. The van der Waals surface area contributed by atoms with Crippen LogP contribution in [0, 0.1) is 10.8 Å². The normalized spacial score (nSPS) is 12.8. The number of esters is 1. The van der Waals surface area contributed by atoms with Crippen molar-refractivity contribution in [3.8, 4) is 0 Å². The van der Waals surface area contributed by atoms with Gasteiger partial charge in [-0.05, 0) is 50.2 Å². The van der Waals surface area contributed by atoms with Gasteiger partial charge in [0.2, 0.25) is 0 Å². The number of carbonyl (C=O) groups excluding carboxylic acids is 3. The van der Waals surface area contributed by atoms with Crippen LogP contribution in [0.15, 0.2) is 53.7 Å². The zero-order chi connectivity index (χ0) is 25.9. The molecule has 34 heavy (non-hydrogen) atoms. The lowest BCUT2D eigenvalue weighted by Gasteiger charge is -2.18. The van der Waals surface area contributed by atoms with Gasteiger partial charge in [0.05, 0.1) is 5.56 Å². The van der Waals surface area contributed by atoms with Crippen LogP contribution in [0.1, 0.15) is 99.0 Å².